The Hall–Kier alpha value is -1.93. The molecule has 1 atom stereocenters. The van der Waals surface area contributed by atoms with Crippen molar-refractivity contribution >= 4 is 36.2 Å². The predicted molar refractivity (Wildman–Crippen MR) is 80.3 cm³/mol. The Morgan fingerprint density at radius 2 is 2.00 bits per heavy atom. The highest BCUT2D eigenvalue weighted by molar-refractivity contribution is 6.45. The van der Waals surface area contributed by atoms with Gasteiger partial charge in [0.2, 0.25) is 5.91 Å². The van der Waals surface area contributed by atoms with Crippen LogP contribution in [0.4, 0.5) is 4.79 Å². The van der Waals surface area contributed by atoms with E-state index in [1.807, 2.05) is 0 Å². The fourth-order valence-corrected chi connectivity index (χ4v) is 2.37. The fourth-order valence-electron chi connectivity index (χ4n) is 2.37. The third-order valence-electron chi connectivity index (χ3n) is 3.41. The first kappa shape index (κ1) is 18.1. The van der Waals surface area contributed by atoms with Crippen molar-refractivity contribution in [3.63, 3.8) is 0 Å². The molecule has 0 aromatic heterocycles. The molecular formula is C13H19ClN4O4. The number of rotatable bonds is 5. The predicted octanol–water partition coefficient (Wildman–Crippen LogP) is -0.747. The van der Waals surface area contributed by atoms with Crippen LogP contribution in [-0.4, -0.2) is 65.8 Å². The molecule has 0 radical (unpaired) electrons. The quantitative estimate of drug-likeness (QED) is 0.393. The molecule has 122 valence electrons. The molecule has 0 aromatic rings. The fraction of sp³-hybridized carbons (Fsp3) is 0.538. The van der Waals surface area contributed by atoms with Gasteiger partial charge >= 0.3 is 17.8 Å². The highest BCUT2D eigenvalue weighted by Crippen LogP contribution is 2.11. The molecule has 0 aromatic carbocycles. The molecule has 2 saturated heterocycles. The number of hydrogen-bond acceptors (Lipinski definition) is 5. The number of piperidine rings is 1. The number of carbonyl (C=O) groups is 4. The van der Waals surface area contributed by atoms with Gasteiger partial charge < -0.3 is 10.6 Å². The van der Waals surface area contributed by atoms with Crippen LogP contribution in [0.3, 0.4) is 0 Å². The number of carbonyl (C=O) groups excluding carboxylic acids is 4. The van der Waals surface area contributed by atoms with Gasteiger partial charge in [-0.05, 0) is 19.4 Å². The van der Waals surface area contributed by atoms with E-state index in [0.717, 1.165) is 24.3 Å². The zero-order chi connectivity index (χ0) is 15.4. The third-order valence-corrected chi connectivity index (χ3v) is 3.41. The van der Waals surface area contributed by atoms with Crippen molar-refractivity contribution in [3.05, 3.63) is 12.7 Å². The monoisotopic (exact) mass is 330 g/mol. The molecule has 2 aliphatic heterocycles. The Morgan fingerprint density at radius 1 is 1.32 bits per heavy atom. The molecule has 8 nitrogen and oxygen atoms in total. The van der Waals surface area contributed by atoms with Crippen LogP contribution in [0.2, 0.25) is 0 Å². The normalized spacial score (nSPS) is 21.6. The van der Waals surface area contributed by atoms with Gasteiger partial charge in [-0.1, -0.05) is 6.08 Å². The van der Waals surface area contributed by atoms with Crippen molar-refractivity contribution in [2.75, 3.05) is 26.2 Å². The lowest BCUT2D eigenvalue weighted by Crippen LogP contribution is -2.49. The van der Waals surface area contributed by atoms with Crippen molar-refractivity contribution in [2.45, 2.75) is 18.9 Å². The van der Waals surface area contributed by atoms with Crippen molar-refractivity contribution in [2.24, 2.45) is 0 Å². The van der Waals surface area contributed by atoms with Crippen LogP contribution in [0, 0.1) is 0 Å². The molecule has 9 heteroatoms. The molecular weight excluding hydrogens is 312 g/mol. The topological polar surface area (TPSA) is 98.8 Å². The van der Waals surface area contributed by atoms with Gasteiger partial charge in [-0.2, -0.15) is 0 Å². The number of hydrogen-bond donors (Lipinski definition) is 2. The SMILES string of the molecule is C=CCN1C(=O)C(=O)N(CC(=O)N[C@H]2CCCNC2)C1=O.Cl. The van der Waals surface area contributed by atoms with E-state index in [9.17, 15) is 19.2 Å². The number of amides is 5. The van der Waals surface area contributed by atoms with Gasteiger partial charge in [-0.15, -0.1) is 19.0 Å². The van der Waals surface area contributed by atoms with E-state index in [2.05, 4.69) is 17.2 Å². The Labute approximate surface area is 134 Å². The summed E-state index contributed by atoms with van der Waals surface area (Å²) in [6, 6.07) is -0.791. The summed E-state index contributed by atoms with van der Waals surface area (Å²) >= 11 is 0. The number of imide groups is 2. The highest BCUT2D eigenvalue weighted by atomic mass is 35.5. The Balaban J connectivity index is 0.00000242. The number of urea groups is 1. The smallest absolute Gasteiger partial charge is 0.335 e. The summed E-state index contributed by atoms with van der Waals surface area (Å²) in [5.41, 5.74) is 0. The first-order valence-corrected chi connectivity index (χ1v) is 6.83. The first-order valence-electron chi connectivity index (χ1n) is 6.83. The van der Waals surface area contributed by atoms with Crippen LogP contribution >= 0.6 is 12.4 Å². The summed E-state index contributed by atoms with van der Waals surface area (Å²) in [5.74, 6) is -2.34. The lowest BCUT2D eigenvalue weighted by molar-refractivity contribution is -0.143. The summed E-state index contributed by atoms with van der Waals surface area (Å²) in [5, 5.41) is 5.90. The Morgan fingerprint density at radius 3 is 2.59 bits per heavy atom. The van der Waals surface area contributed by atoms with E-state index >= 15 is 0 Å². The van der Waals surface area contributed by atoms with E-state index in [-0.39, 0.29) is 25.0 Å². The molecule has 0 spiro atoms. The number of nitrogens with one attached hydrogen (secondary N) is 2. The van der Waals surface area contributed by atoms with Gasteiger partial charge in [0, 0.05) is 19.1 Å². The molecule has 0 aliphatic carbocycles. The van der Waals surface area contributed by atoms with Crippen molar-refractivity contribution in [1.29, 1.82) is 0 Å². The molecule has 0 bridgehead atoms. The minimum atomic E-state index is -0.973. The van der Waals surface area contributed by atoms with E-state index in [1.54, 1.807) is 0 Å². The summed E-state index contributed by atoms with van der Waals surface area (Å²) in [6.45, 7) is 4.51. The van der Waals surface area contributed by atoms with E-state index in [0.29, 0.717) is 11.4 Å². The molecule has 0 unspecified atom stereocenters. The number of halogens is 1. The first-order chi connectivity index (χ1) is 10.0. The molecule has 2 N–H and O–H groups in total. The second-order valence-electron chi connectivity index (χ2n) is 4.99. The second-order valence-corrected chi connectivity index (χ2v) is 4.99. The second kappa shape index (κ2) is 7.90. The average Bonchev–Trinajstić information content (AvgIpc) is 2.66. The third kappa shape index (κ3) is 3.83. The maximum atomic E-state index is 11.9. The number of nitrogens with zero attached hydrogens (tertiary/aromatic N) is 2. The zero-order valence-corrected chi connectivity index (χ0v) is 12.9. The minimum absolute atomic E-state index is 0. The zero-order valence-electron chi connectivity index (χ0n) is 12.0. The summed E-state index contributed by atoms with van der Waals surface area (Å²) < 4.78 is 0. The van der Waals surface area contributed by atoms with E-state index in [1.165, 1.54) is 6.08 Å². The largest absolute Gasteiger partial charge is 0.351 e. The van der Waals surface area contributed by atoms with Gasteiger partial charge in [-0.25, -0.2) is 9.69 Å². The molecule has 2 fully saturated rings. The average molecular weight is 331 g/mol. The molecule has 2 rings (SSSR count). The van der Waals surface area contributed by atoms with Gasteiger partial charge in [0.25, 0.3) is 0 Å². The molecule has 2 aliphatic rings. The van der Waals surface area contributed by atoms with Gasteiger partial charge in [0.15, 0.2) is 0 Å². The lowest BCUT2D eigenvalue weighted by Gasteiger charge is -2.24. The van der Waals surface area contributed by atoms with Crippen LogP contribution < -0.4 is 10.6 Å². The molecule has 2 heterocycles. The van der Waals surface area contributed by atoms with Crippen LogP contribution in [0.15, 0.2) is 12.7 Å². The Kier molecular flexibility index (Phi) is 6.51. The van der Waals surface area contributed by atoms with Gasteiger partial charge in [0.1, 0.15) is 6.54 Å². The Bertz CT molecular complexity index is 490. The van der Waals surface area contributed by atoms with E-state index < -0.39 is 30.3 Å². The van der Waals surface area contributed by atoms with Crippen LogP contribution in [0.25, 0.3) is 0 Å². The van der Waals surface area contributed by atoms with Gasteiger partial charge in [0.05, 0.1) is 0 Å². The minimum Gasteiger partial charge on any atom is -0.351 e. The van der Waals surface area contributed by atoms with Crippen molar-refractivity contribution in [1.82, 2.24) is 20.4 Å². The molecule has 22 heavy (non-hydrogen) atoms. The maximum Gasteiger partial charge on any atom is 0.335 e. The van der Waals surface area contributed by atoms with Crippen LogP contribution in [0.1, 0.15) is 12.8 Å². The van der Waals surface area contributed by atoms with Crippen LogP contribution in [-0.2, 0) is 14.4 Å². The maximum absolute atomic E-state index is 11.9. The summed E-state index contributed by atoms with van der Waals surface area (Å²) in [6.07, 6.45) is 3.15. The van der Waals surface area contributed by atoms with Crippen LogP contribution in [0.5, 0.6) is 0 Å². The highest BCUT2D eigenvalue weighted by Gasteiger charge is 2.44. The molecule has 5 amide bonds. The summed E-state index contributed by atoms with van der Waals surface area (Å²) in [7, 11) is 0. The van der Waals surface area contributed by atoms with Crippen molar-refractivity contribution < 1.29 is 19.2 Å². The standard InChI is InChI=1S/C13H18N4O4.ClH/c1-2-6-16-11(19)12(20)17(13(16)21)8-10(18)15-9-4-3-5-14-7-9;/h2,9,14H,1,3-8H2,(H,15,18);1H/t9-;/m0./s1. The molecule has 0 saturated carbocycles. The van der Waals surface area contributed by atoms with Crippen molar-refractivity contribution in [3.8, 4) is 0 Å². The summed E-state index contributed by atoms with van der Waals surface area (Å²) in [4.78, 5) is 48.6. The van der Waals surface area contributed by atoms with E-state index in [4.69, 9.17) is 0 Å². The lowest BCUT2D eigenvalue weighted by atomic mass is 10.1. The van der Waals surface area contributed by atoms with Gasteiger partial charge in [-0.3, -0.25) is 19.3 Å².